The Morgan fingerprint density at radius 1 is 1.30 bits per heavy atom. The maximum atomic E-state index is 12.1. The van der Waals surface area contributed by atoms with Crippen LogP contribution >= 0.6 is 0 Å². The van der Waals surface area contributed by atoms with Gasteiger partial charge in [-0.1, -0.05) is 12.1 Å². The van der Waals surface area contributed by atoms with Crippen LogP contribution in [0.4, 0.5) is 5.69 Å². The Bertz CT molecular complexity index is 465. The van der Waals surface area contributed by atoms with Gasteiger partial charge in [0.1, 0.15) is 0 Å². The molecule has 3 N–H and O–H groups in total. The molecule has 0 saturated carbocycles. The molecule has 5 heteroatoms. The van der Waals surface area contributed by atoms with Crippen LogP contribution in [-0.4, -0.2) is 32.0 Å². The van der Waals surface area contributed by atoms with E-state index < -0.39 is 0 Å². The normalized spacial score (nSPS) is 18.4. The molecule has 2 amide bonds. The summed E-state index contributed by atoms with van der Waals surface area (Å²) in [6.45, 7) is 1.75. The number of nitrogens with one attached hydrogen (secondary N) is 3. The van der Waals surface area contributed by atoms with E-state index in [-0.39, 0.29) is 17.7 Å². The number of carbonyl (C=O) groups is 2. The Hall–Kier alpha value is -1.88. The van der Waals surface area contributed by atoms with Gasteiger partial charge in [0.25, 0.3) is 0 Å². The van der Waals surface area contributed by atoms with E-state index in [0.717, 1.165) is 37.2 Å². The fourth-order valence-corrected chi connectivity index (χ4v) is 2.30. The van der Waals surface area contributed by atoms with Gasteiger partial charge in [-0.25, -0.2) is 0 Å². The molecule has 1 atom stereocenters. The number of benzene rings is 1. The van der Waals surface area contributed by atoms with Crippen LogP contribution in [0.1, 0.15) is 18.4 Å². The van der Waals surface area contributed by atoms with Crippen molar-refractivity contribution in [3.63, 3.8) is 0 Å². The summed E-state index contributed by atoms with van der Waals surface area (Å²) >= 11 is 0. The van der Waals surface area contributed by atoms with Crippen molar-refractivity contribution in [1.29, 1.82) is 0 Å². The van der Waals surface area contributed by atoms with Gasteiger partial charge in [-0.2, -0.15) is 0 Å². The molecule has 0 aliphatic carbocycles. The van der Waals surface area contributed by atoms with E-state index in [1.54, 1.807) is 7.05 Å². The number of rotatable bonds is 4. The number of amides is 2. The third kappa shape index (κ3) is 4.06. The molecular formula is C15H21N3O2. The van der Waals surface area contributed by atoms with Crippen LogP contribution in [-0.2, 0) is 16.0 Å². The monoisotopic (exact) mass is 275 g/mol. The van der Waals surface area contributed by atoms with Crippen LogP contribution in [0.2, 0.25) is 0 Å². The predicted octanol–water partition coefficient (Wildman–Crippen LogP) is 0.913. The smallest absolute Gasteiger partial charge is 0.228 e. The molecule has 1 aromatic rings. The van der Waals surface area contributed by atoms with Crippen LogP contribution in [0, 0.1) is 5.92 Å². The molecule has 1 aliphatic rings. The van der Waals surface area contributed by atoms with Gasteiger partial charge >= 0.3 is 0 Å². The van der Waals surface area contributed by atoms with Crippen molar-refractivity contribution in [2.24, 2.45) is 5.92 Å². The van der Waals surface area contributed by atoms with Gasteiger partial charge in [-0.05, 0) is 37.1 Å². The average molecular weight is 275 g/mol. The zero-order valence-corrected chi connectivity index (χ0v) is 11.7. The zero-order chi connectivity index (χ0) is 14.4. The quantitative estimate of drug-likeness (QED) is 0.765. The topological polar surface area (TPSA) is 70.2 Å². The highest BCUT2D eigenvalue weighted by atomic mass is 16.2. The predicted molar refractivity (Wildman–Crippen MR) is 78.4 cm³/mol. The molecule has 2 rings (SSSR count). The second-order valence-electron chi connectivity index (χ2n) is 5.08. The number of carbonyl (C=O) groups excluding carboxylic acids is 2. The van der Waals surface area contributed by atoms with E-state index in [2.05, 4.69) is 16.0 Å². The molecular weight excluding hydrogens is 254 g/mol. The number of piperidine rings is 1. The SMILES string of the molecule is CNC(=O)Cc1ccc(NC(=O)[C@H]2CCCNC2)cc1. The Kier molecular flexibility index (Phi) is 5.12. The highest BCUT2D eigenvalue weighted by Crippen LogP contribution is 2.15. The Balaban J connectivity index is 1.89. The lowest BCUT2D eigenvalue weighted by atomic mass is 9.99. The van der Waals surface area contributed by atoms with Crippen LogP contribution in [0.5, 0.6) is 0 Å². The molecule has 1 aromatic carbocycles. The first-order chi connectivity index (χ1) is 9.69. The lowest BCUT2D eigenvalue weighted by Gasteiger charge is -2.21. The summed E-state index contributed by atoms with van der Waals surface area (Å²) in [7, 11) is 1.62. The Morgan fingerprint density at radius 2 is 2.05 bits per heavy atom. The first-order valence-corrected chi connectivity index (χ1v) is 7.00. The van der Waals surface area contributed by atoms with Crippen molar-refractivity contribution in [2.75, 3.05) is 25.5 Å². The van der Waals surface area contributed by atoms with Gasteiger partial charge in [0, 0.05) is 19.3 Å². The molecule has 108 valence electrons. The second-order valence-corrected chi connectivity index (χ2v) is 5.08. The Labute approximate surface area is 119 Å². The van der Waals surface area contributed by atoms with Crippen molar-refractivity contribution >= 4 is 17.5 Å². The molecule has 20 heavy (non-hydrogen) atoms. The summed E-state index contributed by atoms with van der Waals surface area (Å²) in [4.78, 5) is 23.3. The lowest BCUT2D eigenvalue weighted by Crippen LogP contribution is -2.37. The minimum absolute atomic E-state index is 0.0185. The molecule has 1 heterocycles. The average Bonchev–Trinajstić information content (AvgIpc) is 2.50. The lowest BCUT2D eigenvalue weighted by molar-refractivity contribution is -0.121. The third-order valence-electron chi connectivity index (χ3n) is 3.53. The largest absolute Gasteiger partial charge is 0.359 e. The van der Waals surface area contributed by atoms with E-state index in [1.165, 1.54) is 0 Å². The number of hydrogen-bond donors (Lipinski definition) is 3. The van der Waals surface area contributed by atoms with Crippen molar-refractivity contribution in [1.82, 2.24) is 10.6 Å². The maximum absolute atomic E-state index is 12.1. The highest BCUT2D eigenvalue weighted by molar-refractivity contribution is 5.92. The minimum Gasteiger partial charge on any atom is -0.359 e. The number of hydrogen-bond acceptors (Lipinski definition) is 3. The third-order valence-corrected chi connectivity index (χ3v) is 3.53. The standard InChI is InChI=1S/C15H21N3O2/c1-16-14(19)9-11-4-6-13(7-5-11)18-15(20)12-3-2-8-17-10-12/h4-7,12,17H,2-3,8-10H2,1H3,(H,16,19)(H,18,20)/t12-/m0/s1. The first-order valence-electron chi connectivity index (χ1n) is 7.00. The summed E-state index contributed by atoms with van der Waals surface area (Å²) in [6, 6.07) is 7.41. The van der Waals surface area contributed by atoms with Crippen molar-refractivity contribution < 1.29 is 9.59 Å². The number of anilines is 1. The van der Waals surface area contributed by atoms with Crippen molar-refractivity contribution in [2.45, 2.75) is 19.3 Å². The Morgan fingerprint density at radius 3 is 2.65 bits per heavy atom. The van der Waals surface area contributed by atoms with E-state index >= 15 is 0 Å². The van der Waals surface area contributed by atoms with Gasteiger partial charge in [0.05, 0.1) is 12.3 Å². The fraction of sp³-hybridized carbons (Fsp3) is 0.467. The van der Waals surface area contributed by atoms with E-state index in [9.17, 15) is 9.59 Å². The van der Waals surface area contributed by atoms with E-state index in [4.69, 9.17) is 0 Å². The maximum Gasteiger partial charge on any atom is 0.228 e. The van der Waals surface area contributed by atoms with Crippen molar-refractivity contribution in [3.05, 3.63) is 29.8 Å². The number of likely N-dealkylation sites (N-methyl/N-ethyl adjacent to an activating group) is 1. The highest BCUT2D eigenvalue weighted by Gasteiger charge is 2.20. The molecule has 5 nitrogen and oxygen atoms in total. The van der Waals surface area contributed by atoms with Gasteiger partial charge in [-0.15, -0.1) is 0 Å². The van der Waals surface area contributed by atoms with Gasteiger partial charge < -0.3 is 16.0 Å². The summed E-state index contributed by atoms with van der Waals surface area (Å²) in [5, 5.41) is 8.75. The molecule has 1 saturated heterocycles. The van der Waals surface area contributed by atoms with Crippen LogP contribution in [0.25, 0.3) is 0 Å². The summed E-state index contributed by atoms with van der Waals surface area (Å²) < 4.78 is 0. The summed E-state index contributed by atoms with van der Waals surface area (Å²) in [5.74, 6) is 0.0978. The van der Waals surface area contributed by atoms with Gasteiger partial charge in [0.15, 0.2) is 0 Å². The molecule has 1 fully saturated rings. The second kappa shape index (κ2) is 7.05. The summed E-state index contributed by atoms with van der Waals surface area (Å²) in [5.41, 5.74) is 1.71. The first kappa shape index (κ1) is 14.5. The fourth-order valence-electron chi connectivity index (χ4n) is 2.30. The molecule has 0 spiro atoms. The van der Waals surface area contributed by atoms with E-state index in [0.29, 0.717) is 6.42 Å². The molecule has 0 radical (unpaired) electrons. The van der Waals surface area contributed by atoms with Crippen LogP contribution in [0.15, 0.2) is 24.3 Å². The van der Waals surface area contributed by atoms with E-state index in [1.807, 2.05) is 24.3 Å². The van der Waals surface area contributed by atoms with Crippen LogP contribution < -0.4 is 16.0 Å². The van der Waals surface area contributed by atoms with Crippen molar-refractivity contribution in [3.8, 4) is 0 Å². The molecule has 1 aliphatic heterocycles. The minimum atomic E-state index is -0.0185. The molecule has 0 unspecified atom stereocenters. The molecule has 0 bridgehead atoms. The van der Waals surface area contributed by atoms with Gasteiger partial charge in [0.2, 0.25) is 11.8 Å². The van der Waals surface area contributed by atoms with Crippen LogP contribution in [0.3, 0.4) is 0 Å². The van der Waals surface area contributed by atoms with Gasteiger partial charge in [-0.3, -0.25) is 9.59 Å². The zero-order valence-electron chi connectivity index (χ0n) is 11.7. The molecule has 0 aromatic heterocycles. The summed E-state index contributed by atoms with van der Waals surface area (Å²) in [6.07, 6.45) is 2.34.